The molecule has 0 spiro atoms. The quantitative estimate of drug-likeness (QED) is 0.515. The molecule has 1 atom stereocenters. The normalized spacial score (nSPS) is 16.2. The fourth-order valence-corrected chi connectivity index (χ4v) is 4.40. The van der Waals surface area contributed by atoms with Crippen molar-refractivity contribution in [2.75, 3.05) is 13.1 Å². The van der Waals surface area contributed by atoms with Crippen LogP contribution in [-0.4, -0.2) is 33.8 Å². The number of hydrogen-bond donors (Lipinski definition) is 1. The summed E-state index contributed by atoms with van der Waals surface area (Å²) in [6.45, 7) is 7.08. The largest absolute Gasteiger partial charge is 0.392 e. The van der Waals surface area contributed by atoms with Gasteiger partial charge < -0.3 is 9.67 Å². The lowest BCUT2D eigenvalue weighted by Gasteiger charge is -2.31. The van der Waals surface area contributed by atoms with Crippen molar-refractivity contribution in [3.05, 3.63) is 72.3 Å². The molecule has 3 rings (SSSR count). The maximum Gasteiger partial charge on any atom is 0.123 e. The van der Waals surface area contributed by atoms with Crippen LogP contribution in [0.2, 0.25) is 0 Å². The van der Waals surface area contributed by atoms with E-state index in [1.165, 1.54) is 49.9 Å². The minimum absolute atomic E-state index is 0.200. The second-order valence-corrected chi connectivity index (χ2v) is 8.47. The zero-order chi connectivity index (χ0) is 20.5. The third kappa shape index (κ3) is 7.13. The smallest absolute Gasteiger partial charge is 0.123 e. The first-order valence-corrected chi connectivity index (χ1v) is 11.0. The molecule has 1 aliphatic rings. The highest BCUT2D eigenvalue weighted by Crippen LogP contribution is 2.25. The van der Waals surface area contributed by atoms with Gasteiger partial charge in [0.1, 0.15) is 5.82 Å². The predicted octanol–water partition coefficient (Wildman–Crippen LogP) is 5.38. The van der Waals surface area contributed by atoms with E-state index in [0.29, 0.717) is 6.54 Å². The summed E-state index contributed by atoms with van der Waals surface area (Å²) in [5, 5.41) is 10.5. The molecule has 1 unspecified atom stereocenters. The highest BCUT2D eigenvalue weighted by molar-refractivity contribution is 5.18. The molecule has 158 valence electrons. The van der Waals surface area contributed by atoms with Gasteiger partial charge in [-0.25, -0.2) is 4.39 Å². The molecule has 1 aromatic carbocycles. The number of aliphatic hydroxyl groups excluding tert-OH is 1. The summed E-state index contributed by atoms with van der Waals surface area (Å²) in [4.78, 5) is 2.43. The molecule has 1 saturated carbocycles. The highest BCUT2D eigenvalue weighted by atomic mass is 19.1. The Kier molecular flexibility index (Phi) is 8.51. The molecule has 0 bridgehead atoms. The van der Waals surface area contributed by atoms with Crippen LogP contribution in [0.15, 0.2) is 55.3 Å². The van der Waals surface area contributed by atoms with Crippen molar-refractivity contribution in [1.82, 2.24) is 9.47 Å². The van der Waals surface area contributed by atoms with E-state index in [2.05, 4.69) is 34.4 Å². The molecule has 1 heterocycles. The van der Waals surface area contributed by atoms with Gasteiger partial charge >= 0.3 is 0 Å². The van der Waals surface area contributed by atoms with Crippen LogP contribution in [-0.2, 0) is 13.1 Å². The maximum absolute atomic E-state index is 13.2. The summed E-state index contributed by atoms with van der Waals surface area (Å²) in [6, 6.07) is 11.0. The van der Waals surface area contributed by atoms with Crippen molar-refractivity contribution in [3.8, 4) is 0 Å². The number of hydrogen-bond acceptors (Lipinski definition) is 2. The Morgan fingerprint density at radius 3 is 2.66 bits per heavy atom. The van der Waals surface area contributed by atoms with Crippen LogP contribution < -0.4 is 0 Å². The number of halogens is 1. The Morgan fingerprint density at radius 1 is 1.17 bits per heavy atom. The van der Waals surface area contributed by atoms with E-state index in [0.717, 1.165) is 44.0 Å². The van der Waals surface area contributed by atoms with Gasteiger partial charge in [0.05, 0.1) is 6.10 Å². The lowest BCUT2D eigenvalue weighted by Crippen LogP contribution is -2.36. The average Bonchev–Trinajstić information content (AvgIpc) is 3.15. The average molecular weight is 399 g/mol. The van der Waals surface area contributed by atoms with Crippen LogP contribution in [0.3, 0.4) is 0 Å². The summed E-state index contributed by atoms with van der Waals surface area (Å²) < 4.78 is 15.4. The second kappa shape index (κ2) is 11.3. The van der Waals surface area contributed by atoms with Gasteiger partial charge in [-0.05, 0) is 61.4 Å². The SMILES string of the molecule is C=CCCC(O)CN(Cc1cccn1Cc1ccc(F)cc1)CC1CCCCC1. The molecule has 0 radical (unpaired) electrons. The number of nitrogens with zero attached hydrogens (tertiary/aromatic N) is 2. The third-order valence-corrected chi connectivity index (χ3v) is 5.99. The fourth-order valence-electron chi connectivity index (χ4n) is 4.40. The van der Waals surface area contributed by atoms with Crippen molar-refractivity contribution in [2.24, 2.45) is 5.92 Å². The fraction of sp³-hybridized carbons (Fsp3) is 0.520. The highest BCUT2D eigenvalue weighted by Gasteiger charge is 2.20. The summed E-state index contributed by atoms with van der Waals surface area (Å²) in [5.41, 5.74) is 2.33. The molecule has 0 amide bonds. The van der Waals surface area contributed by atoms with Crippen LogP contribution in [0.25, 0.3) is 0 Å². The van der Waals surface area contributed by atoms with Crippen molar-refractivity contribution in [3.63, 3.8) is 0 Å². The molecule has 0 aliphatic heterocycles. The Hall–Kier alpha value is -1.91. The van der Waals surface area contributed by atoms with Crippen molar-refractivity contribution < 1.29 is 9.50 Å². The van der Waals surface area contributed by atoms with Gasteiger partial charge in [0.15, 0.2) is 0 Å². The van der Waals surface area contributed by atoms with Gasteiger partial charge in [-0.15, -0.1) is 6.58 Å². The number of benzene rings is 1. The van der Waals surface area contributed by atoms with Gasteiger partial charge in [-0.3, -0.25) is 4.90 Å². The summed E-state index contributed by atoms with van der Waals surface area (Å²) >= 11 is 0. The van der Waals surface area contributed by atoms with E-state index in [1.54, 1.807) is 0 Å². The van der Waals surface area contributed by atoms with Crippen LogP contribution in [0, 0.1) is 11.7 Å². The Balaban J connectivity index is 1.66. The first kappa shape index (κ1) is 21.8. The molecule has 2 aromatic rings. The molecule has 1 aliphatic carbocycles. The minimum Gasteiger partial charge on any atom is -0.392 e. The summed E-state index contributed by atoms with van der Waals surface area (Å²) in [7, 11) is 0. The van der Waals surface area contributed by atoms with E-state index >= 15 is 0 Å². The third-order valence-electron chi connectivity index (χ3n) is 5.99. The standard InChI is InChI=1S/C25H35FN2O/c1-2-3-11-25(29)20-27(17-21-8-5-4-6-9-21)19-24-10-7-16-28(24)18-22-12-14-23(26)15-13-22/h2,7,10,12-16,21,25,29H,1,3-6,8-9,11,17-20H2. The topological polar surface area (TPSA) is 28.4 Å². The molecule has 0 saturated heterocycles. The monoisotopic (exact) mass is 398 g/mol. The van der Waals surface area contributed by atoms with Crippen LogP contribution in [0.4, 0.5) is 4.39 Å². The van der Waals surface area contributed by atoms with Gasteiger partial charge in [-0.2, -0.15) is 0 Å². The molecule has 4 heteroatoms. The van der Waals surface area contributed by atoms with Gasteiger partial charge in [0, 0.05) is 38.1 Å². The van der Waals surface area contributed by atoms with E-state index < -0.39 is 0 Å². The summed E-state index contributed by atoms with van der Waals surface area (Å²) in [5.74, 6) is 0.532. The zero-order valence-electron chi connectivity index (χ0n) is 17.5. The first-order chi connectivity index (χ1) is 14.1. The first-order valence-electron chi connectivity index (χ1n) is 11.0. The van der Waals surface area contributed by atoms with Gasteiger partial charge in [0.25, 0.3) is 0 Å². The number of allylic oxidation sites excluding steroid dienone is 1. The predicted molar refractivity (Wildman–Crippen MR) is 117 cm³/mol. The van der Waals surface area contributed by atoms with E-state index in [9.17, 15) is 9.50 Å². The summed E-state index contributed by atoms with van der Waals surface area (Å²) in [6.07, 6.45) is 11.9. The van der Waals surface area contributed by atoms with Crippen molar-refractivity contribution >= 4 is 0 Å². The second-order valence-electron chi connectivity index (χ2n) is 8.47. The van der Waals surface area contributed by atoms with Crippen LogP contribution >= 0.6 is 0 Å². The van der Waals surface area contributed by atoms with Crippen molar-refractivity contribution in [2.45, 2.75) is 64.1 Å². The number of rotatable bonds is 11. The molecular weight excluding hydrogens is 363 g/mol. The minimum atomic E-state index is -0.322. The lowest BCUT2D eigenvalue weighted by atomic mass is 9.89. The molecule has 3 nitrogen and oxygen atoms in total. The van der Waals surface area contributed by atoms with Crippen LogP contribution in [0.1, 0.15) is 56.2 Å². The number of aromatic nitrogens is 1. The van der Waals surface area contributed by atoms with Crippen LogP contribution in [0.5, 0.6) is 0 Å². The van der Waals surface area contributed by atoms with E-state index in [4.69, 9.17) is 0 Å². The molecular formula is C25H35FN2O. The molecule has 1 N–H and O–H groups in total. The Morgan fingerprint density at radius 2 is 1.93 bits per heavy atom. The number of aliphatic hydroxyl groups is 1. The lowest BCUT2D eigenvalue weighted by molar-refractivity contribution is 0.0864. The van der Waals surface area contributed by atoms with Gasteiger partial charge in [-0.1, -0.05) is 37.5 Å². The zero-order valence-corrected chi connectivity index (χ0v) is 17.5. The van der Waals surface area contributed by atoms with Crippen molar-refractivity contribution in [1.29, 1.82) is 0 Å². The molecule has 1 fully saturated rings. The maximum atomic E-state index is 13.2. The van der Waals surface area contributed by atoms with E-state index in [-0.39, 0.29) is 11.9 Å². The Labute approximate surface area is 174 Å². The molecule has 1 aromatic heterocycles. The molecule has 29 heavy (non-hydrogen) atoms. The van der Waals surface area contributed by atoms with E-state index in [1.807, 2.05) is 18.2 Å². The Bertz CT molecular complexity index is 734. The van der Waals surface area contributed by atoms with Gasteiger partial charge in [0.2, 0.25) is 0 Å².